The first-order chi connectivity index (χ1) is 6.79. The van der Waals surface area contributed by atoms with Gasteiger partial charge in [0, 0.05) is 12.7 Å². The monoisotopic (exact) mass is 192 g/mol. The molecule has 0 fully saturated rings. The van der Waals surface area contributed by atoms with Gasteiger partial charge in [0.1, 0.15) is 18.7 Å². The Morgan fingerprint density at radius 1 is 1.43 bits per heavy atom. The summed E-state index contributed by atoms with van der Waals surface area (Å²) in [7, 11) is 0. The maximum Gasteiger partial charge on any atom is 0.148 e. The third kappa shape index (κ3) is 1.59. The fourth-order valence-electron chi connectivity index (χ4n) is 1.29. The molecular formula is C8H12N6. The van der Waals surface area contributed by atoms with Gasteiger partial charge >= 0.3 is 0 Å². The zero-order valence-corrected chi connectivity index (χ0v) is 7.96. The van der Waals surface area contributed by atoms with Crippen molar-refractivity contribution < 1.29 is 0 Å². The molecular weight excluding hydrogens is 180 g/mol. The van der Waals surface area contributed by atoms with Crippen LogP contribution in [0.25, 0.3) is 0 Å². The number of aryl methyl sites for hydroxylation is 1. The lowest BCUT2D eigenvalue weighted by Gasteiger charge is -2.02. The lowest BCUT2D eigenvalue weighted by atomic mass is 10.5. The number of rotatable bonds is 3. The zero-order valence-electron chi connectivity index (χ0n) is 7.96. The smallest absolute Gasteiger partial charge is 0.148 e. The van der Waals surface area contributed by atoms with Gasteiger partial charge in [-0.15, -0.1) is 0 Å². The number of hydrogen-bond donors (Lipinski definition) is 1. The van der Waals surface area contributed by atoms with Gasteiger partial charge in [0.05, 0.1) is 11.9 Å². The Bertz CT molecular complexity index is 415. The van der Waals surface area contributed by atoms with Gasteiger partial charge in [-0.1, -0.05) is 0 Å². The van der Waals surface area contributed by atoms with Crippen molar-refractivity contribution in [2.45, 2.75) is 20.0 Å². The standard InChI is InChI=1S/C8H12N6/c1-2-14-8(10-6-12-14)5-13-4-7(9)3-11-13/h3-4,6H,2,5,9H2,1H3. The molecule has 14 heavy (non-hydrogen) atoms. The van der Waals surface area contributed by atoms with Gasteiger partial charge in [-0.25, -0.2) is 9.67 Å². The summed E-state index contributed by atoms with van der Waals surface area (Å²) in [6.07, 6.45) is 4.94. The molecule has 0 bridgehead atoms. The molecule has 0 spiro atoms. The molecule has 0 aromatic carbocycles. The van der Waals surface area contributed by atoms with Crippen molar-refractivity contribution in [3.63, 3.8) is 0 Å². The van der Waals surface area contributed by atoms with Crippen molar-refractivity contribution in [3.8, 4) is 0 Å². The number of hydrogen-bond acceptors (Lipinski definition) is 4. The van der Waals surface area contributed by atoms with Gasteiger partial charge in [-0.2, -0.15) is 10.2 Å². The summed E-state index contributed by atoms with van der Waals surface area (Å²) in [5.41, 5.74) is 6.21. The highest BCUT2D eigenvalue weighted by Crippen LogP contribution is 2.01. The summed E-state index contributed by atoms with van der Waals surface area (Å²) in [5.74, 6) is 0.885. The zero-order chi connectivity index (χ0) is 9.97. The second-order valence-corrected chi connectivity index (χ2v) is 2.96. The van der Waals surface area contributed by atoms with Crippen LogP contribution in [-0.4, -0.2) is 24.5 Å². The van der Waals surface area contributed by atoms with E-state index in [2.05, 4.69) is 15.2 Å². The highest BCUT2D eigenvalue weighted by molar-refractivity contribution is 5.30. The summed E-state index contributed by atoms with van der Waals surface area (Å²) in [6.45, 7) is 3.44. The predicted octanol–water partition coefficient (Wildman–Crippen LogP) is 0.125. The van der Waals surface area contributed by atoms with Crippen molar-refractivity contribution in [2.24, 2.45) is 0 Å². The second kappa shape index (κ2) is 3.49. The number of anilines is 1. The van der Waals surface area contributed by atoms with Crippen molar-refractivity contribution in [3.05, 3.63) is 24.5 Å². The Morgan fingerprint density at radius 3 is 2.93 bits per heavy atom. The summed E-state index contributed by atoms with van der Waals surface area (Å²) in [4.78, 5) is 4.14. The van der Waals surface area contributed by atoms with Gasteiger partial charge in [0.15, 0.2) is 0 Å². The highest BCUT2D eigenvalue weighted by atomic mass is 15.4. The van der Waals surface area contributed by atoms with Crippen LogP contribution in [-0.2, 0) is 13.1 Å². The largest absolute Gasteiger partial charge is 0.396 e. The van der Waals surface area contributed by atoms with Gasteiger partial charge in [-0.3, -0.25) is 4.68 Å². The maximum atomic E-state index is 5.55. The molecule has 0 aliphatic carbocycles. The summed E-state index contributed by atoms with van der Waals surface area (Å²) >= 11 is 0. The van der Waals surface area contributed by atoms with Crippen LogP contribution >= 0.6 is 0 Å². The van der Waals surface area contributed by atoms with E-state index in [0.717, 1.165) is 12.4 Å². The van der Waals surface area contributed by atoms with Crippen LogP contribution in [0.4, 0.5) is 5.69 Å². The third-order valence-corrected chi connectivity index (χ3v) is 1.95. The average Bonchev–Trinajstić information content (AvgIpc) is 2.76. The van der Waals surface area contributed by atoms with Crippen molar-refractivity contribution in [2.75, 3.05) is 5.73 Å². The number of nitrogens with zero attached hydrogens (tertiary/aromatic N) is 5. The molecule has 0 saturated heterocycles. The van der Waals surface area contributed by atoms with E-state index in [1.54, 1.807) is 23.4 Å². The van der Waals surface area contributed by atoms with Crippen LogP contribution in [0.3, 0.4) is 0 Å². The molecule has 2 rings (SSSR count). The first-order valence-electron chi connectivity index (χ1n) is 4.44. The minimum absolute atomic E-state index is 0.602. The Kier molecular flexibility index (Phi) is 2.18. The fraction of sp³-hybridized carbons (Fsp3) is 0.375. The third-order valence-electron chi connectivity index (χ3n) is 1.95. The van der Waals surface area contributed by atoms with Crippen LogP contribution in [0.2, 0.25) is 0 Å². The fourth-order valence-corrected chi connectivity index (χ4v) is 1.29. The molecule has 6 heteroatoms. The van der Waals surface area contributed by atoms with Crippen LogP contribution in [0.1, 0.15) is 12.7 Å². The van der Waals surface area contributed by atoms with E-state index in [1.807, 2.05) is 11.6 Å². The van der Waals surface area contributed by atoms with E-state index < -0.39 is 0 Å². The molecule has 0 saturated carbocycles. The number of aromatic nitrogens is 5. The molecule has 2 heterocycles. The molecule has 0 aliphatic heterocycles. The minimum Gasteiger partial charge on any atom is -0.396 e. The Morgan fingerprint density at radius 2 is 2.29 bits per heavy atom. The van der Waals surface area contributed by atoms with E-state index in [0.29, 0.717) is 12.2 Å². The molecule has 2 aromatic rings. The topological polar surface area (TPSA) is 74.5 Å². The van der Waals surface area contributed by atoms with Gasteiger partial charge < -0.3 is 5.73 Å². The molecule has 74 valence electrons. The lowest BCUT2D eigenvalue weighted by molar-refractivity contribution is 0.568. The maximum absolute atomic E-state index is 5.55. The minimum atomic E-state index is 0.602. The molecule has 2 N–H and O–H groups in total. The van der Waals surface area contributed by atoms with Crippen LogP contribution < -0.4 is 5.73 Å². The SMILES string of the molecule is CCn1ncnc1Cn1cc(N)cn1. The highest BCUT2D eigenvalue weighted by Gasteiger charge is 2.03. The van der Waals surface area contributed by atoms with Gasteiger partial charge in [0.2, 0.25) is 0 Å². The van der Waals surface area contributed by atoms with Gasteiger partial charge in [-0.05, 0) is 6.92 Å². The molecule has 6 nitrogen and oxygen atoms in total. The Hall–Kier alpha value is -1.85. The van der Waals surface area contributed by atoms with E-state index in [4.69, 9.17) is 5.73 Å². The molecule has 0 radical (unpaired) electrons. The van der Waals surface area contributed by atoms with E-state index in [9.17, 15) is 0 Å². The average molecular weight is 192 g/mol. The van der Waals surface area contributed by atoms with Gasteiger partial charge in [0.25, 0.3) is 0 Å². The molecule has 0 amide bonds. The first kappa shape index (κ1) is 8.74. The lowest BCUT2D eigenvalue weighted by Crippen LogP contribution is -2.09. The summed E-state index contributed by atoms with van der Waals surface area (Å²) in [5, 5.41) is 8.15. The number of nitrogen functional groups attached to an aromatic ring is 1. The van der Waals surface area contributed by atoms with Crippen molar-refractivity contribution in [1.29, 1.82) is 0 Å². The number of nitrogens with two attached hydrogens (primary N) is 1. The summed E-state index contributed by atoms with van der Waals surface area (Å²) in [6, 6.07) is 0. The van der Waals surface area contributed by atoms with Crippen molar-refractivity contribution in [1.82, 2.24) is 24.5 Å². The second-order valence-electron chi connectivity index (χ2n) is 2.96. The molecule has 0 unspecified atom stereocenters. The Labute approximate surface area is 81.4 Å². The van der Waals surface area contributed by atoms with Crippen LogP contribution in [0, 0.1) is 0 Å². The van der Waals surface area contributed by atoms with Crippen LogP contribution in [0.5, 0.6) is 0 Å². The Balaban J connectivity index is 2.18. The van der Waals surface area contributed by atoms with Crippen LogP contribution in [0.15, 0.2) is 18.7 Å². The molecule has 0 aliphatic rings. The molecule has 2 aromatic heterocycles. The normalized spacial score (nSPS) is 10.6. The molecule has 0 atom stereocenters. The van der Waals surface area contributed by atoms with E-state index in [-0.39, 0.29) is 0 Å². The predicted molar refractivity (Wildman–Crippen MR) is 51.4 cm³/mol. The quantitative estimate of drug-likeness (QED) is 0.749. The first-order valence-corrected chi connectivity index (χ1v) is 4.44. The van der Waals surface area contributed by atoms with E-state index in [1.165, 1.54) is 0 Å². The summed E-state index contributed by atoms with van der Waals surface area (Å²) < 4.78 is 3.57. The van der Waals surface area contributed by atoms with E-state index >= 15 is 0 Å². The van der Waals surface area contributed by atoms with Crippen molar-refractivity contribution >= 4 is 5.69 Å².